The summed E-state index contributed by atoms with van der Waals surface area (Å²) in [7, 11) is 0. The molecule has 8 rings (SSSR count). The van der Waals surface area contributed by atoms with Gasteiger partial charge in [0, 0.05) is 32.7 Å². The summed E-state index contributed by atoms with van der Waals surface area (Å²) in [6, 6.07) is 35.7. The molecule has 416 valence electrons. The van der Waals surface area contributed by atoms with Crippen molar-refractivity contribution in [1.29, 1.82) is 0 Å². The third-order valence-corrected chi connectivity index (χ3v) is 15.1. The van der Waals surface area contributed by atoms with Crippen LogP contribution in [0, 0.1) is 0 Å². The van der Waals surface area contributed by atoms with Crippen molar-refractivity contribution >= 4 is 0 Å². The second-order valence-electron chi connectivity index (χ2n) is 21.4. The lowest BCUT2D eigenvalue weighted by Gasteiger charge is -2.26. The zero-order chi connectivity index (χ0) is 52.6. The van der Waals surface area contributed by atoms with Crippen LogP contribution >= 0.6 is 0 Å². The van der Waals surface area contributed by atoms with Crippen LogP contribution in [-0.4, -0.2) is 125 Å². The molecule has 3 saturated heterocycles. The predicted octanol–water partition coefficient (Wildman–Crippen LogP) is 15.4. The Morgan fingerprint density at radius 3 is 1.25 bits per heavy atom. The first kappa shape index (κ1) is 61.5. The van der Waals surface area contributed by atoms with Gasteiger partial charge in [0.15, 0.2) is 0 Å². The average Bonchev–Trinajstić information content (AvgIpc) is 3.48. The van der Waals surface area contributed by atoms with Crippen LogP contribution in [0.25, 0.3) is 0 Å². The van der Waals surface area contributed by atoms with E-state index in [9.17, 15) is 0 Å². The molecular formula is C67H104N4O4. The number of ether oxygens (including phenoxy) is 4. The molecule has 3 fully saturated rings. The van der Waals surface area contributed by atoms with Crippen LogP contribution in [0.1, 0.15) is 166 Å². The fourth-order valence-corrected chi connectivity index (χ4v) is 10.2. The van der Waals surface area contributed by atoms with E-state index in [2.05, 4.69) is 132 Å². The van der Waals surface area contributed by atoms with E-state index in [1.807, 2.05) is 30.3 Å². The van der Waals surface area contributed by atoms with E-state index in [-0.39, 0.29) is 0 Å². The Kier molecular flexibility index (Phi) is 32.8. The maximum Gasteiger partial charge on any atom is 0.119 e. The Labute approximate surface area is 458 Å². The van der Waals surface area contributed by atoms with Gasteiger partial charge in [-0.05, 0) is 220 Å². The number of aryl methyl sites for hydroxylation is 2. The molecule has 0 amide bonds. The third kappa shape index (κ3) is 28.0. The second-order valence-corrected chi connectivity index (χ2v) is 21.4. The Bertz CT molecular complexity index is 1960. The molecule has 0 saturated carbocycles. The van der Waals surface area contributed by atoms with Crippen molar-refractivity contribution in [2.45, 2.75) is 162 Å². The second kappa shape index (κ2) is 40.0. The van der Waals surface area contributed by atoms with Gasteiger partial charge in [-0.1, -0.05) is 120 Å². The molecular weight excluding hydrogens is 925 g/mol. The van der Waals surface area contributed by atoms with Gasteiger partial charge in [-0.3, -0.25) is 4.90 Å². The van der Waals surface area contributed by atoms with Gasteiger partial charge in [0.05, 0.1) is 26.4 Å². The largest absolute Gasteiger partial charge is 0.494 e. The van der Waals surface area contributed by atoms with Crippen molar-refractivity contribution in [3.8, 4) is 23.0 Å². The van der Waals surface area contributed by atoms with Crippen LogP contribution in [0.15, 0.2) is 115 Å². The number of benzene rings is 4. The van der Waals surface area contributed by atoms with Gasteiger partial charge >= 0.3 is 0 Å². The number of unbranched alkanes of at least 4 members (excludes halogenated alkanes) is 2. The topological polar surface area (TPSA) is 49.9 Å². The van der Waals surface area contributed by atoms with Crippen molar-refractivity contribution in [2.24, 2.45) is 0 Å². The maximum absolute atomic E-state index is 5.84. The number of hydrogen-bond acceptors (Lipinski definition) is 8. The van der Waals surface area contributed by atoms with Crippen molar-refractivity contribution in [2.75, 3.05) is 105 Å². The van der Waals surface area contributed by atoms with E-state index in [4.69, 9.17) is 18.9 Å². The van der Waals surface area contributed by atoms with E-state index < -0.39 is 0 Å². The number of hydrogen-bond donors (Lipinski definition) is 0. The lowest BCUT2D eigenvalue weighted by Crippen LogP contribution is -2.31. The Balaban J connectivity index is 0.000000185. The molecule has 8 heteroatoms. The molecule has 8 nitrogen and oxygen atoms in total. The summed E-state index contributed by atoms with van der Waals surface area (Å²) in [6.07, 6.45) is 30.0. The molecule has 1 atom stereocenters. The Morgan fingerprint density at radius 2 is 0.827 bits per heavy atom. The monoisotopic (exact) mass is 1030 g/mol. The third-order valence-electron chi connectivity index (χ3n) is 15.1. The summed E-state index contributed by atoms with van der Waals surface area (Å²) >= 11 is 0. The van der Waals surface area contributed by atoms with Crippen molar-refractivity contribution in [3.63, 3.8) is 0 Å². The first-order valence-corrected chi connectivity index (χ1v) is 30.4. The number of rotatable bonds is 27. The summed E-state index contributed by atoms with van der Waals surface area (Å²) in [5.41, 5.74) is 4.19. The molecule has 0 aliphatic carbocycles. The van der Waals surface area contributed by atoms with E-state index in [1.54, 1.807) is 0 Å². The quantitative estimate of drug-likeness (QED) is 0.0433. The highest BCUT2D eigenvalue weighted by atomic mass is 16.5. The molecule has 0 aromatic heterocycles. The van der Waals surface area contributed by atoms with Crippen LogP contribution in [0.4, 0.5) is 0 Å². The molecule has 4 aliphatic rings. The molecule has 1 unspecified atom stereocenters. The van der Waals surface area contributed by atoms with E-state index in [1.165, 1.54) is 179 Å². The molecule has 4 aliphatic heterocycles. The Hall–Kier alpha value is -4.34. The smallest absolute Gasteiger partial charge is 0.119 e. The first-order chi connectivity index (χ1) is 37.0. The van der Waals surface area contributed by atoms with Crippen LogP contribution < -0.4 is 18.9 Å². The minimum Gasteiger partial charge on any atom is -0.494 e. The fraction of sp³-hybridized carbons (Fsp3) is 0.612. The summed E-state index contributed by atoms with van der Waals surface area (Å²) < 4.78 is 23.1. The molecule has 0 spiro atoms. The fourth-order valence-electron chi connectivity index (χ4n) is 10.2. The van der Waals surface area contributed by atoms with Gasteiger partial charge < -0.3 is 33.6 Å². The lowest BCUT2D eigenvalue weighted by molar-refractivity contribution is 0.205. The zero-order valence-electron chi connectivity index (χ0n) is 47.9. The van der Waals surface area contributed by atoms with Gasteiger partial charge in [0.25, 0.3) is 0 Å². The summed E-state index contributed by atoms with van der Waals surface area (Å²) in [5, 5.41) is 0. The van der Waals surface area contributed by atoms with Crippen LogP contribution in [-0.2, 0) is 12.8 Å². The molecule has 4 aromatic carbocycles. The summed E-state index contributed by atoms with van der Waals surface area (Å²) in [5.74, 6) is 4.65. The Morgan fingerprint density at radius 1 is 0.400 bits per heavy atom. The van der Waals surface area contributed by atoms with Gasteiger partial charge in [-0.15, -0.1) is 0 Å². The highest BCUT2D eigenvalue weighted by Crippen LogP contribution is 2.22. The van der Waals surface area contributed by atoms with Gasteiger partial charge in [0.2, 0.25) is 0 Å². The van der Waals surface area contributed by atoms with Gasteiger partial charge in [0.1, 0.15) is 23.0 Å². The van der Waals surface area contributed by atoms with Crippen molar-refractivity contribution in [3.05, 3.63) is 132 Å². The van der Waals surface area contributed by atoms with E-state index in [0.717, 1.165) is 94.5 Å². The minimum atomic E-state index is 0.642. The number of likely N-dealkylation sites (tertiary alicyclic amines) is 3. The highest BCUT2D eigenvalue weighted by Gasteiger charge is 2.12. The van der Waals surface area contributed by atoms with Crippen molar-refractivity contribution in [1.82, 2.24) is 19.6 Å². The van der Waals surface area contributed by atoms with Crippen molar-refractivity contribution < 1.29 is 18.9 Å². The SMILES string of the molecule is C1=CCN(CCCCCOc2ccccc2)CC1.CCC(C)c1ccc(OCCCN2CCCCC2)cc1.CCCc1ccc(OCCCN2CCCCC2)cc1.CCc1ccc(OCCCN2CCCCC2)cc1. The highest BCUT2D eigenvalue weighted by molar-refractivity contribution is 5.30. The maximum atomic E-state index is 5.84. The minimum absolute atomic E-state index is 0.642. The molecule has 4 aromatic rings. The lowest BCUT2D eigenvalue weighted by atomic mass is 9.99. The summed E-state index contributed by atoms with van der Waals surface area (Å²) in [4.78, 5) is 10.2. The molecule has 4 heterocycles. The molecule has 0 bridgehead atoms. The van der Waals surface area contributed by atoms with Crippen LogP contribution in [0.2, 0.25) is 0 Å². The standard InChI is InChI=1S/C18H29NO.C17H27NO.C16H23NO.C16H25NO/c1-3-16(2)17-8-10-18(11-9-17)20-15-7-14-19-12-5-4-6-13-19;1-2-7-16-8-10-17(11-9-16)19-15-6-14-18-12-4-3-5-13-18;1-4-10-16(11-5-1)18-15-9-3-8-14-17-12-6-2-7-13-17;1-2-15-7-9-16(10-8-15)18-14-6-13-17-11-4-3-5-12-17/h8-11,16H,3-7,12-15H2,1-2H3;8-11H,2-7,12-15H2,1H3;1-2,4-6,10-11H,3,7-9,12-15H2;7-10H,2-6,11-14H2,1H3. The molecule has 75 heavy (non-hydrogen) atoms. The van der Waals surface area contributed by atoms with E-state index >= 15 is 0 Å². The number of piperidine rings is 3. The number of para-hydroxylation sites is 1. The predicted molar refractivity (Wildman–Crippen MR) is 319 cm³/mol. The van der Waals surface area contributed by atoms with Crippen LogP contribution in [0.5, 0.6) is 23.0 Å². The summed E-state index contributed by atoms with van der Waals surface area (Å²) in [6.45, 7) is 27.1. The van der Waals surface area contributed by atoms with Crippen LogP contribution in [0.3, 0.4) is 0 Å². The van der Waals surface area contributed by atoms with Gasteiger partial charge in [-0.2, -0.15) is 0 Å². The van der Waals surface area contributed by atoms with Gasteiger partial charge in [-0.25, -0.2) is 0 Å². The number of nitrogens with zero attached hydrogens (tertiary/aromatic N) is 4. The zero-order valence-corrected chi connectivity index (χ0v) is 47.9. The molecule has 0 N–H and O–H groups in total. The average molecular weight is 1030 g/mol. The normalized spacial score (nSPS) is 16.7. The van der Waals surface area contributed by atoms with E-state index in [0.29, 0.717) is 5.92 Å². The molecule has 0 radical (unpaired) electrons. The first-order valence-electron chi connectivity index (χ1n) is 30.4.